The minimum atomic E-state index is -0.766. The van der Waals surface area contributed by atoms with Gasteiger partial charge in [0, 0.05) is 18.6 Å². The second kappa shape index (κ2) is 8.65. The van der Waals surface area contributed by atoms with Crippen molar-refractivity contribution in [1.82, 2.24) is 0 Å². The topological polar surface area (TPSA) is 131 Å². The van der Waals surface area contributed by atoms with Gasteiger partial charge in [0.25, 0.3) is 5.69 Å². The van der Waals surface area contributed by atoms with Gasteiger partial charge >= 0.3 is 0 Å². The summed E-state index contributed by atoms with van der Waals surface area (Å²) >= 11 is 0.940. The number of anilines is 1. The number of hydrogen-bond donors (Lipinski definition) is 1. The van der Waals surface area contributed by atoms with E-state index in [1.807, 2.05) is 30.3 Å². The van der Waals surface area contributed by atoms with Crippen LogP contribution in [0.1, 0.15) is 18.9 Å². The van der Waals surface area contributed by atoms with Crippen LogP contribution in [0.4, 0.5) is 11.4 Å². The van der Waals surface area contributed by atoms with Gasteiger partial charge in [0.1, 0.15) is 5.25 Å². The highest BCUT2D eigenvalue weighted by Gasteiger charge is 2.41. The van der Waals surface area contributed by atoms with Gasteiger partial charge in [0.05, 0.1) is 16.3 Å². The van der Waals surface area contributed by atoms with E-state index < -0.39 is 22.0 Å². The van der Waals surface area contributed by atoms with Crippen molar-refractivity contribution in [2.45, 2.75) is 18.6 Å². The summed E-state index contributed by atoms with van der Waals surface area (Å²) in [5.41, 5.74) is 7.37. The lowest BCUT2D eigenvalue weighted by atomic mass is 10.1. The number of thioether (sulfide) groups is 1. The Morgan fingerprint density at radius 3 is 2.59 bits per heavy atom. The first-order chi connectivity index (χ1) is 13.9. The van der Waals surface area contributed by atoms with Crippen LogP contribution < -0.4 is 10.6 Å². The molecule has 29 heavy (non-hydrogen) atoms. The summed E-state index contributed by atoms with van der Waals surface area (Å²) in [7, 11) is 0. The standard InChI is InChI=1S/C19H17N5O4S/c1-12(13-6-3-2-4-7-13)21-22-19(20)29-16-11-17(25)23(18(16)26)14-8-5-9-15(10-14)24(27)28/h2-10,16H,11H2,1H3,(H2,20,22). The maximum Gasteiger partial charge on any atom is 0.271 e. The van der Waals surface area contributed by atoms with E-state index in [9.17, 15) is 19.7 Å². The number of hydrogen-bond acceptors (Lipinski definition) is 7. The summed E-state index contributed by atoms with van der Waals surface area (Å²) in [6, 6.07) is 14.8. The summed E-state index contributed by atoms with van der Waals surface area (Å²) < 4.78 is 0. The number of rotatable bonds is 5. The largest absolute Gasteiger partial charge is 0.377 e. The normalized spacial score (nSPS) is 17.7. The number of amides is 2. The van der Waals surface area contributed by atoms with E-state index in [0.29, 0.717) is 5.71 Å². The molecular formula is C19H17N5O4S. The fraction of sp³-hybridized carbons (Fsp3) is 0.158. The number of carbonyl (C=O) groups is 2. The first kappa shape index (κ1) is 20.2. The maximum absolute atomic E-state index is 12.7. The second-order valence-corrected chi connectivity index (χ2v) is 7.37. The minimum absolute atomic E-state index is 0.0484. The van der Waals surface area contributed by atoms with E-state index in [4.69, 9.17) is 5.73 Å². The van der Waals surface area contributed by atoms with Crippen molar-refractivity contribution in [2.24, 2.45) is 15.9 Å². The third-order valence-corrected chi connectivity index (χ3v) is 5.13. The lowest BCUT2D eigenvalue weighted by Crippen LogP contribution is -2.31. The number of nitrogens with zero attached hydrogens (tertiary/aromatic N) is 4. The van der Waals surface area contributed by atoms with Gasteiger partial charge in [-0.15, -0.1) is 5.10 Å². The SMILES string of the molecule is CC(=NN=C(N)SC1CC(=O)N(c2cccc([N+](=O)[O-])c2)C1=O)c1ccccc1. The number of benzene rings is 2. The average Bonchev–Trinajstić information content (AvgIpc) is 2.99. The quantitative estimate of drug-likeness (QED) is 0.265. The van der Waals surface area contributed by atoms with Crippen molar-refractivity contribution in [3.05, 3.63) is 70.3 Å². The van der Waals surface area contributed by atoms with Crippen LogP contribution in [0.25, 0.3) is 0 Å². The number of non-ortho nitro benzene ring substituents is 1. The summed E-state index contributed by atoms with van der Waals surface area (Å²) in [4.78, 5) is 36.3. The van der Waals surface area contributed by atoms with Crippen LogP contribution >= 0.6 is 11.8 Å². The number of carbonyl (C=O) groups excluding carboxylic acids is 2. The molecule has 148 valence electrons. The zero-order valence-corrected chi connectivity index (χ0v) is 16.2. The van der Waals surface area contributed by atoms with Crippen molar-refractivity contribution in [2.75, 3.05) is 4.90 Å². The Morgan fingerprint density at radius 2 is 1.90 bits per heavy atom. The highest BCUT2D eigenvalue weighted by molar-refractivity contribution is 8.14. The smallest absolute Gasteiger partial charge is 0.271 e. The van der Waals surface area contributed by atoms with Gasteiger partial charge in [-0.25, -0.2) is 4.90 Å². The van der Waals surface area contributed by atoms with Gasteiger partial charge in [-0.2, -0.15) is 5.10 Å². The van der Waals surface area contributed by atoms with Crippen molar-refractivity contribution in [1.29, 1.82) is 0 Å². The molecule has 1 heterocycles. The zero-order chi connectivity index (χ0) is 21.0. The van der Waals surface area contributed by atoms with Crippen LogP contribution in [0.5, 0.6) is 0 Å². The highest BCUT2D eigenvalue weighted by Crippen LogP contribution is 2.31. The van der Waals surface area contributed by atoms with Gasteiger partial charge in [-0.3, -0.25) is 19.7 Å². The van der Waals surface area contributed by atoms with E-state index in [-0.39, 0.29) is 23.0 Å². The summed E-state index contributed by atoms with van der Waals surface area (Å²) in [5, 5.41) is 18.2. The molecule has 1 unspecified atom stereocenters. The molecular weight excluding hydrogens is 394 g/mol. The fourth-order valence-corrected chi connectivity index (χ4v) is 3.56. The molecule has 2 aromatic rings. The summed E-state index contributed by atoms with van der Waals surface area (Å²) in [6.07, 6.45) is -0.0796. The molecule has 2 amide bonds. The third kappa shape index (κ3) is 4.66. The van der Waals surface area contributed by atoms with Gasteiger partial charge in [0.2, 0.25) is 11.8 Å². The van der Waals surface area contributed by atoms with Gasteiger partial charge < -0.3 is 5.73 Å². The van der Waals surface area contributed by atoms with Crippen molar-refractivity contribution < 1.29 is 14.5 Å². The van der Waals surface area contributed by atoms with E-state index in [0.717, 1.165) is 22.2 Å². The van der Waals surface area contributed by atoms with Gasteiger partial charge in [0.15, 0.2) is 5.17 Å². The summed E-state index contributed by atoms with van der Waals surface area (Å²) in [5.74, 6) is -0.952. The second-order valence-electron chi connectivity index (χ2n) is 6.14. The molecule has 1 saturated heterocycles. The van der Waals surface area contributed by atoms with Crippen LogP contribution in [0.3, 0.4) is 0 Å². The average molecular weight is 411 g/mol. The molecule has 10 heteroatoms. The molecule has 3 rings (SSSR count). The molecule has 2 aromatic carbocycles. The predicted octanol–water partition coefficient (Wildman–Crippen LogP) is 2.70. The van der Waals surface area contributed by atoms with E-state index in [1.54, 1.807) is 6.92 Å². The molecule has 2 N–H and O–H groups in total. The molecule has 0 bridgehead atoms. The van der Waals surface area contributed by atoms with Crippen LogP contribution in [0.2, 0.25) is 0 Å². The predicted molar refractivity (Wildman–Crippen MR) is 112 cm³/mol. The number of nitro benzene ring substituents is 1. The van der Waals surface area contributed by atoms with Crippen LogP contribution in [-0.4, -0.2) is 32.9 Å². The number of amidine groups is 1. The van der Waals surface area contributed by atoms with Crippen molar-refractivity contribution in [3.63, 3.8) is 0 Å². The van der Waals surface area contributed by atoms with Crippen LogP contribution in [-0.2, 0) is 9.59 Å². The van der Waals surface area contributed by atoms with E-state index in [2.05, 4.69) is 10.2 Å². The first-order valence-corrected chi connectivity index (χ1v) is 9.46. The third-order valence-electron chi connectivity index (χ3n) is 4.16. The highest BCUT2D eigenvalue weighted by atomic mass is 32.2. The van der Waals surface area contributed by atoms with Crippen LogP contribution in [0.15, 0.2) is 64.8 Å². The van der Waals surface area contributed by atoms with Crippen LogP contribution in [0, 0.1) is 10.1 Å². The molecule has 0 aliphatic carbocycles. The lowest BCUT2D eigenvalue weighted by molar-refractivity contribution is -0.384. The minimum Gasteiger partial charge on any atom is -0.377 e. The molecule has 1 fully saturated rings. The summed E-state index contributed by atoms with van der Waals surface area (Å²) in [6.45, 7) is 1.78. The number of imide groups is 1. The molecule has 0 aromatic heterocycles. The Kier molecular flexibility index (Phi) is 6.03. The molecule has 1 aliphatic rings. The zero-order valence-electron chi connectivity index (χ0n) is 15.4. The van der Waals surface area contributed by atoms with Gasteiger partial charge in [-0.1, -0.05) is 48.2 Å². The van der Waals surface area contributed by atoms with E-state index >= 15 is 0 Å². The Hall–Kier alpha value is -3.53. The van der Waals surface area contributed by atoms with Crippen molar-refractivity contribution in [3.8, 4) is 0 Å². The Labute approximate surface area is 170 Å². The monoisotopic (exact) mass is 411 g/mol. The first-order valence-electron chi connectivity index (χ1n) is 8.58. The van der Waals surface area contributed by atoms with Crippen molar-refractivity contribution >= 4 is 45.8 Å². The van der Waals surface area contributed by atoms with Gasteiger partial charge in [-0.05, 0) is 18.6 Å². The Balaban J connectivity index is 1.73. The fourth-order valence-electron chi connectivity index (χ4n) is 2.74. The van der Waals surface area contributed by atoms with E-state index in [1.165, 1.54) is 24.3 Å². The molecule has 9 nitrogen and oxygen atoms in total. The molecule has 0 spiro atoms. The number of nitrogens with two attached hydrogens (primary N) is 1. The molecule has 0 saturated carbocycles. The number of nitro groups is 1. The lowest BCUT2D eigenvalue weighted by Gasteiger charge is -2.14. The maximum atomic E-state index is 12.7. The molecule has 1 atom stereocenters. The molecule has 1 aliphatic heterocycles. The molecule has 0 radical (unpaired) electrons. The Morgan fingerprint density at radius 1 is 1.17 bits per heavy atom. The Bertz CT molecular complexity index is 1020.